The number of phenolic OH excluding ortho intramolecular Hbond substituents is 1. The van der Waals surface area contributed by atoms with Gasteiger partial charge in [0, 0.05) is 18.2 Å². The Morgan fingerprint density at radius 2 is 1.89 bits per heavy atom. The Labute approximate surface area is 110 Å². The first-order chi connectivity index (χ1) is 8.54. The van der Waals surface area contributed by atoms with Crippen molar-refractivity contribution in [2.24, 2.45) is 5.92 Å². The van der Waals surface area contributed by atoms with Crippen molar-refractivity contribution < 1.29 is 10.2 Å². The molecule has 0 aliphatic heterocycles. The van der Waals surface area contributed by atoms with Crippen molar-refractivity contribution in [2.75, 3.05) is 6.54 Å². The van der Waals surface area contributed by atoms with Gasteiger partial charge in [-0.1, -0.05) is 39.0 Å². The van der Waals surface area contributed by atoms with Crippen LogP contribution in [0.1, 0.15) is 45.2 Å². The molecule has 2 unspecified atom stereocenters. The molecule has 0 amide bonds. The molecule has 3 N–H and O–H groups in total. The molecule has 0 aromatic heterocycles. The van der Waals surface area contributed by atoms with E-state index in [-0.39, 0.29) is 12.1 Å². The molecule has 0 bridgehead atoms. The van der Waals surface area contributed by atoms with Gasteiger partial charge in [-0.25, -0.2) is 0 Å². The van der Waals surface area contributed by atoms with Gasteiger partial charge in [-0.3, -0.25) is 0 Å². The van der Waals surface area contributed by atoms with Crippen LogP contribution in [-0.2, 0) is 0 Å². The molecule has 1 aromatic carbocycles. The Morgan fingerprint density at radius 1 is 1.22 bits per heavy atom. The average Bonchev–Trinajstić information content (AvgIpc) is 2.31. The van der Waals surface area contributed by atoms with E-state index in [9.17, 15) is 10.2 Å². The second-order valence-electron chi connectivity index (χ2n) is 5.21. The highest BCUT2D eigenvalue weighted by Gasteiger charge is 2.14. The molecule has 3 heteroatoms. The van der Waals surface area contributed by atoms with Crippen molar-refractivity contribution in [3.8, 4) is 5.75 Å². The normalized spacial score (nSPS) is 14.7. The van der Waals surface area contributed by atoms with E-state index in [2.05, 4.69) is 26.1 Å². The van der Waals surface area contributed by atoms with E-state index in [4.69, 9.17) is 0 Å². The lowest BCUT2D eigenvalue weighted by molar-refractivity contribution is 0.142. The number of aliphatic hydroxyl groups excluding tert-OH is 1. The number of nitrogens with one attached hydrogen (secondary N) is 1. The maximum atomic E-state index is 9.86. The number of benzene rings is 1. The zero-order valence-corrected chi connectivity index (χ0v) is 11.6. The minimum Gasteiger partial charge on any atom is -0.508 e. The summed E-state index contributed by atoms with van der Waals surface area (Å²) in [6.45, 7) is 6.83. The third-order valence-electron chi connectivity index (χ3n) is 3.06. The minimum absolute atomic E-state index is 0.0908. The van der Waals surface area contributed by atoms with Crippen molar-refractivity contribution in [1.82, 2.24) is 5.32 Å². The largest absolute Gasteiger partial charge is 0.508 e. The van der Waals surface area contributed by atoms with Gasteiger partial charge in [-0.15, -0.1) is 0 Å². The summed E-state index contributed by atoms with van der Waals surface area (Å²) < 4.78 is 0. The number of para-hydroxylation sites is 1. The molecule has 3 nitrogen and oxygen atoms in total. The Bertz CT molecular complexity index is 352. The van der Waals surface area contributed by atoms with Crippen LogP contribution in [0.3, 0.4) is 0 Å². The molecule has 0 aliphatic rings. The maximum Gasteiger partial charge on any atom is 0.120 e. The van der Waals surface area contributed by atoms with E-state index in [0.29, 0.717) is 18.2 Å². The van der Waals surface area contributed by atoms with Crippen molar-refractivity contribution in [1.29, 1.82) is 0 Å². The van der Waals surface area contributed by atoms with Crippen LogP contribution in [0.2, 0.25) is 0 Å². The molecule has 0 heterocycles. The quantitative estimate of drug-likeness (QED) is 0.698. The van der Waals surface area contributed by atoms with Crippen LogP contribution in [0.5, 0.6) is 5.75 Å². The lowest BCUT2D eigenvalue weighted by Gasteiger charge is -2.21. The molecule has 1 aromatic rings. The first kappa shape index (κ1) is 15.0. The second kappa shape index (κ2) is 7.39. The van der Waals surface area contributed by atoms with E-state index in [1.165, 1.54) is 0 Å². The van der Waals surface area contributed by atoms with E-state index < -0.39 is 0 Å². The first-order valence-electron chi connectivity index (χ1n) is 6.73. The molecule has 1 rings (SSSR count). The second-order valence-corrected chi connectivity index (χ2v) is 5.21. The van der Waals surface area contributed by atoms with Crippen molar-refractivity contribution in [3.05, 3.63) is 29.8 Å². The fraction of sp³-hybridized carbons (Fsp3) is 0.600. The van der Waals surface area contributed by atoms with Crippen LogP contribution in [-0.4, -0.2) is 22.9 Å². The fourth-order valence-corrected chi connectivity index (χ4v) is 2.16. The minimum atomic E-state index is -0.329. The average molecular weight is 251 g/mol. The van der Waals surface area contributed by atoms with Gasteiger partial charge in [-0.2, -0.15) is 0 Å². The highest BCUT2D eigenvalue weighted by molar-refractivity contribution is 5.34. The van der Waals surface area contributed by atoms with Gasteiger partial charge in [0.05, 0.1) is 6.10 Å². The van der Waals surface area contributed by atoms with Crippen molar-refractivity contribution in [2.45, 2.75) is 45.8 Å². The van der Waals surface area contributed by atoms with Gasteiger partial charge >= 0.3 is 0 Å². The number of aliphatic hydroxyl groups is 1. The maximum absolute atomic E-state index is 9.86. The number of aromatic hydroxyl groups is 1. The van der Waals surface area contributed by atoms with E-state index in [1.54, 1.807) is 6.07 Å². The van der Waals surface area contributed by atoms with Crippen LogP contribution in [0.25, 0.3) is 0 Å². The molecular weight excluding hydrogens is 226 g/mol. The SMILES string of the molecule is CCC(NCC(O)CC(C)C)c1ccccc1O. The predicted molar refractivity (Wildman–Crippen MR) is 74.6 cm³/mol. The molecule has 18 heavy (non-hydrogen) atoms. The van der Waals surface area contributed by atoms with Crippen molar-refractivity contribution >= 4 is 0 Å². The fourth-order valence-electron chi connectivity index (χ4n) is 2.16. The van der Waals surface area contributed by atoms with E-state index >= 15 is 0 Å². The van der Waals surface area contributed by atoms with E-state index in [0.717, 1.165) is 18.4 Å². The lowest BCUT2D eigenvalue weighted by atomic mass is 10.0. The molecule has 0 saturated heterocycles. The molecule has 0 fully saturated rings. The summed E-state index contributed by atoms with van der Waals surface area (Å²) in [5.41, 5.74) is 0.900. The highest BCUT2D eigenvalue weighted by Crippen LogP contribution is 2.25. The van der Waals surface area contributed by atoms with Gasteiger partial charge in [0.15, 0.2) is 0 Å². The summed E-state index contributed by atoms with van der Waals surface area (Å²) in [5, 5.41) is 23.0. The number of hydrogen-bond acceptors (Lipinski definition) is 3. The van der Waals surface area contributed by atoms with Crippen LogP contribution in [0.15, 0.2) is 24.3 Å². The van der Waals surface area contributed by atoms with Gasteiger partial charge < -0.3 is 15.5 Å². The van der Waals surface area contributed by atoms with Crippen molar-refractivity contribution in [3.63, 3.8) is 0 Å². The zero-order chi connectivity index (χ0) is 13.5. The van der Waals surface area contributed by atoms with Crippen LogP contribution >= 0.6 is 0 Å². The van der Waals surface area contributed by atoms with Crippen LogP contribution in [0, 0.1) is 5.92 Å². The Balaban J connectivity index is 2.55. The summed E-state index contributed by atoms with van der Waals surface area (Å²) in [7, 11) is 0. The Hall–Kier alpha value is -1.06. The molecule has 2 atom stereocenters. The zero-order valence-electron chi connectivity index (χ0n) is 11.6. The molecule has 0 aliphatic carbocycles. The smallest absolute Gasteiger partial charge is 0.120 e. The van der Waals surface area contributed by atoms with Crippen LogP contribution < -0.4 is 5.32 Å². The summed E-state index contributed by atoms with van der Waals surface area (Å²) in [5.74, 6) is 0.808. The van der Waals surface area contributed by atoms with Crippen LogP contribution in [0.4, 0.5) is 0 Å². The first-order valence-corrected chi connectivity index (χ1v) is 6.73. The summed E-state index contributed by atoms with van der Waals surface area (Å²) in [4.78, 5) is 0. The van der Waals surface area contributed by atoms with Gasteiger partial charge in [0.25, 0.3) is 0 Å². The number of rotatable bonds is 7. The molecular formula is C15H25NO2. The molecule has 102 valence electrons. The number of hydrogen-bond donors (Lipinski definition) is 3. The molecule has 0 saturated carbocycles. The van der Waals surface area contributed by atoms with Gasteiger partial charge in [0.1, 0.15) is 5.75 Å². The van der Waals surface area contributed by atoms with E-state index in [1.807, 2.05) is 18.2 Å². The number of phenols is 1. The lowest BCUT2D eigenvalue weighted by Crippen LogP contribution is -2.31. The Kier molecular flexibility index (Phi) is 6.16. The molecule has 0 radical (unpaired) electrons. The molecule has 0 spiro atoms. The monoisotopic (exact) mass is 251 g/mol. The van der Waals surface area contributed by atoms with Gasteiger partial charge in [0.2, 0.25) is 0 Å². The standard InChI is InChI=1S/C15H25NO2/c1-4-14(13-7-5-6-8-15(13)18)16-10-12(17)9-11(2)3/h5-8,11-12,14,16-18H,4,9-10H2,1-3H3. The third-order valence-corrected chi connectivity index (χ3v) is 3.06. The summed E-state index contributed by atoms with van der Waals surface area (Å²) in [6, 6.07) is 7.45. The third kappa shape index (κ3) is 4.67. The topological polar surface area (TPSA) is 52.5 Å². The predicted octanol–water partition coefficient (Wildman–Crippen LogP) is 2.84. The highest BCUT2D eigenvalue weighted by atomic mass is 16.3. The summed E-state index contributed by atoms with van der Waals surface area (Å²) >= 11 is 0. The van der Waals surface area contributed by atoms with Gasteiger partial charge in [-0.05, 0) is 24.8 Å². The summed E-state index contributed by atoms with van der Waals surface area (Å²) in [6.07, 6.45) is 1.35. The Morgan fingerprint density at radius 3 is 2.44 bits per heavy atom.